The van der Waals surface area contributed by atoms with Crippen LogP contribution in [0, 0.1) is 5.41 Å². The van der Waals surface area contributed by atoms with E-state index in [1.165, 1.54) is 0 Å². The van der Waals surface area contributed by atoms with Crippen molar-refractivity contribution in [3.63, 3.8) is 0 Å². The molecule has 0 radical (unpaired) electrons. The first-order valence-electron chi connectivity index (χ1n) is 5.53. The maximum Gasteiger partial charge on any atom is 0.220 e. The summed E-state index contributed by atoms with van der Waals surface area (Å²) in [5.74, 6) is 0.650. The van der Waals surface area contributed by atoms with Crippen molar-refractivity contribution in [1.29, 1.82) is 0 Å². The van der Waals surface area contributed by atoms with Gasteiger partial charge in [-0.2, -0.15) is 0 Å². The Balaban J connectivity index is 4.07. The smallest absolute Gasteiger partial charge is 0.220 e. The van der Waals surface area contributed by atoms with Gasteiger partial charge in [0.1, 0.15) is 0 Å². The Morgan fingerprint density at radius 2 is 1.73 bits per heavy atom. The van der Waals surface area contributed by atoms with Crippen molar-refractivity contribution < 1.29 is 4.79 Å². The van der Waals surface area contributed by atoms with Gasteiger partial charge in [0.05, 0.1) is 0 Å². The summed E-state index contributed by atoms with van der Waals surface area (Å²) in [7, 11) is 0. The molecule has 0 spiro atoms. The van der Waals surface area contributed by atoms with Gasteiger partial charge in [0.15, 0.2) is 0 Å². The van der Waals surface area contributed by atoms with E-state index >= 15 is 0 Å². The number of alkyl halides is 1. The molecular formula is C12H24ClNO. The highest BCUT2D eigenvalue weighted by molar-refractivity contribution is 6.17. The van der Waals surface area contributed by atoms with Crippen LogP contribution in [0.4, 0.5) is 0 Å². The van der Waals surface area contributed by atoms with Crippen LogP contribution in [0.2, 0.25) is 0 Å². The van der Waals surface area contributed by atoms with E-state index in [9.17, 15) is 4.79 Å². The Bertz CT molecular complexity index is 206. The highest BCUT2D eigenvalue weighted by Gasteiger charge is 2.26. The van der Waals surface area contributed by atoms with E-state index in [2.05, 4.69) is 39.9 Å². The van der Waals surface area contributed by atoms with Crippen molar-refractivity contribution in [2.24, 2.45) is 5.41 Å². The monoisotopic (exact) mass is 233 g/mol. The van der Waals surface area contributed by atoms with Crippen LogP contribution in [0.15, 0.2) is 0 Å². The molecule has 0 fully saturated rings. The lowest BCUT2D eigenvalue weighted by atomic mass is 9.82. The first kappa shape index (κ1) is 14.8. The van der Waals surface area contributed by atoms with Gasteiger partial charge in [-0.25, -0.2) is 0 Å². The maximum absolute atomic E-state index is 11.5. The number of hydrogen-bond donors (Lipinski definition) is 1. The van der Waals surface area contributed by atoms with Crippen molar-refractivity contribution in [2.45, 2.75) is 59.4 Å². The lowest BCUT2D eigenvalue weighted by Gasteiger charge is -2.33. The zero-order valence-corrected chi connectivity index (χ0v) is 11.4. The summed E-state index contributed by atoms with van der Waals surface area (Å²) in [5, 5.41) is 3.05. The molecular weight excluding hydrogens is 210 g/mol. The quantitative estimate of drug-likeness (QED) is 0.726. The predicted octanol–water partition coefficient (Wildman–Crippen LogP) is 3.34. The Labute approximate surface area is 98.8 Å². The first-order valence-corrected chi connectivity index (χ1v) is 6.07. The van der Waals surface area contributed by atoms with Crippen LogP contribution in [-0.2, 0) is 4.79 Å². The molecule has 0 bridgehead atoms. The Kier molecular flexibility index (Phi) is 5.65. The molecule has 1 N–H and O–H groups in total. The number of nitrogens with one attached hydrogen (secondary N) is 1. The fourth-order valence-corrected chi connectivity index (χ4v) is 2.17. The molecule has 0 aliphatic rings. The molecule has 0 heterocycles. The number of hydrogen-bond acceptors (Lipinski definition) is 1. The summed E-state index contributed by atoms with van der Waals surface area (Å²) < 4.78 is 0. The summed E-state index contributed by atoms with van der Waals surface area (Å²) >= 11 is 5.54. The van der Waals surface area contributed by atoms with E-state index in [4.69, 9.17) is 11.6 Å². The fourth-order valence-electron chi connectivity index (χ4n) is 2.04. The molecule has 0 aliphatic carbocycles. The summed E-state index contributed by atoms with van der Waals surface area (Å²) in [6.45, 7) is 10.7. The Morgan fingerprint density at radius 3 is 2.13 bits per heavy atom. The van der Waals surface area contributed by atoms with E-state index in [-0.39, 0.29) is 16.9 Å². The second kappa shape index (κ2) is 5.74. The van der Waals surface area contributed by atoms with Crippen molar-refractivity contribution in [3.8, 4) is 0 Å². The summed E-state index contributed by atoms with van der Waals surface area (Å²) in [6, 6.07) is 0. The fraction of sp³-hybridized carbons (Fsp3) is 0.917. The minimum atomic E-state index is -0.137. The van der Waals surface area contributed by atoms with Crippen molar-refractivity contribution in [3.05, 3.63) is 0 Å². The number of amides is 1. The highest BCUT2D eigenvalue weighted by atomic mass is 35.5. The summed E-state index contributed by atoms with van der Waals surface area (Å²) in [5.41, 5.74) is 0.0882. The van der Waals surface area contributed by atoms with Gasteiger partial charge in [-0.15, -0.1) is 11.6 Å². The normalized spacial score (nSPS) is 12.7. The van der Waals surface area contributed by atoms with Crippen LogP contribution in [0.25, 0.3) is 0 Å². The molecule has 1 amide bonds. The van der Waals surface area contributed by atoms with E-state index in [1.54, 1.807) is 0 Å². The van der Waals surface area contributed by atoms with Crippen LogP contribution < -0.4 is 5.32 Å². The third-order valence-corrected chi connectivity index (χ3v) is 2.25. The van der Waals surface area contributed by atoms with Crippen LogP contribution >= 0.6 is 11.6 Å². The molecule has 0 rings (SSSR count). The third kappa shape index (κ3) is 8.73. The van der Waals surface area contributed by atoms with Gasteiger partial charge in [-0.1, -0.05) is 20.8 Å². The SMILES string of the molecule is CC(C)(C)CC(C)(C)NC(=O)CCCCl. The maximum atomic E-state index is 11.5. The number of rotatable bonds is 5. The molecule has 0 aromatic carbocycles. The van der Waals surface area contributed by atoms with E-state index < -0.39 is 0 Å². The predicted molar refractivity (Wildman–Crippen MR) is 66.2 cm³/mol. The highest BCUT2D eigenvalue weighted by Crippen LogP contribution is 2.26. The van der Waals surface area contributed by atoms with Crippen LogP contribution in [0.5, 0.6) is 0 Å². The number of carbonyl (C=O) groups is 1. The molecule has 0 saturated carbocycles. The van der Waals surface area contributed by atoms with Gasteiger partial charge in [0, 0.05) is 17.8 Å². The first-order chi connectivity index (χ1) is 6.66. The molecule has 3 heteroatoms. The molecule has 90 valence electrons. The zero-order valence-electron chi connectivity index (χ0n) is 10.6. The van der Waals surface area contributed by atoms with E-state index in [0.717, 1.165) is 12.8 Å². The second-order valence-electron chi connectivity index (χ2n) is 5.96. The second-order valence-corrected chi connectivity index (χ2v) is 6.34. The lowest BCUT2D eigenvalue weighted by Crippen LogP contribution is -2.45. The summed E-state index contributed by atoms with van der Waals surface area (Å²) in [6.07, 6.45) is 2.24. The van der Waals surface area contributed by atoms with E-state index in [0.29, 0.717) is 12.3 Å². The zero-order chi connectivity index (χ0) is 12.1. The van der Waals surface area contributed by atoms with Gasteiger partial charge < -0.3 is 5.32 Å². The van der Waals surface area contributed by atoms with Gasteiger partial charge >= 0.3 is 0 Å². The average Bonchev–Trinajstić information content (AvgIpc) is 1.94. The Hall–Kier alpha value is -0.240. The average molecular weight is 234 g/mol. The van der Waals surface area contributed by atoms with Crippen molar-refractivity contribution in [1.82, 2.24) is 5.32 Å². The van der Waals surface area contributed by atoms with Crippen LogP contribution in [0.1, 0.15) is 53.9 Å². The molecule has 0 aromatic rings. The molecule has 15 heavy (non-hydrogen) atoms. The molecule has 2 nitrogen and oxygen atoms in total. The number of carbonyl (C=O) groups excluding carboxylic acids is 1. The summed E-state index contributed by atoms with van der Waals surface area (Å²) in [4.78, 5) is 11.5. The van der Waals surface area contributed by atoms with Gasteiger partial charge in [-0.3, -0.25) is 4.79 Å². The minimum absolute atomic E-state index is 0.102. The Morgan fingerprint density at radius 1 is 1.20 bits per heavy atom. The molecule has 0 aliphatic heterocycles. The van der Waals surface area contributed by atoms with Gasteiger partial charge in [0.2, 0.25) is 5.91 Å². The third-order valence-electron chi connectivity index (χ3n) is 1.99. The van der Waals surface area contributed by atoms with Crippen molar-refractivity contribution in [2.75, 3.05) is 5.88 Å². The lowest BCUT2D eigenvalue weighted by molar-refractivity contribution is -0.122. The number of halogens is 1. The molecule has 0 saturated heterocycles. The minimum Gasteiger partial charge on any atom is -0.351 e. The topological polar surface area (TPSA) is 29.1 Å². The largest absolute Gasteiger partial charge is 0.351 e. The molecule has 0 atom stereocenters. The standard InChI is InChI=1S/C12H24ClNO/c1-11(2,3)9-12(4,5)14-10(15)7-6-8-13/h6-9H2,1-5H3,(H,14,15). The van der Waals surface area contributed by atoms with Gasteiger partial charge in [-0.05, 0) is 32.1 Å². The van der Waals surface area contributed by atoms with E-state index in [1.807, 2.05) is 0 Å². The van der Waals surface area contributed by atoms with Crippen molar-refractivity contribution >= 4 is 17.5 Å². The van der Waals surface area contributed by atoms with Crippen LogP contribution in [-0.4, -0.2) is 17.3 Å². The van der Waals surface area contributed by atoms with Crippen LogP contribution in [0.3, 0.4) is 0 Å². The molecule has 0 aromatic heterocycles. The van der Waals surface area contributed by atoms with Gasteiger partial charge in [0.25, 0.3) is 0 Å². The molecule has 0 unspecified atom stereocenters.